The van der Waals surface area contributed by atoms with E-state index in [4.69, 9.17) is 9.97 Å². The molecule has 2 fully saturated rings. The van der Waals surface area contributed by atoms with Gasteiger partial charge in [0.2, 0.25) is 0 Å². The minimum atomic E-state index is 0.226. The number of nitrogens with one attached hydrogen (secondary N) is 1. The van der Waals surface area contributed by atoms with Crippen molar-refractivity contribution in [2.45, 2.75) is 25.3 Å². The molecule has 3 aromatic rings. The molecule has 28 heavy (non-hydrogen) atoms. The van der Waals surface area contributed by atoms with Crippen molar-refractivity contribution in [2.75, 3.05) is 31.1 Å². The standard InChI is InChI=1S/C21H24N6O/c28-13-16-11-21(14-24-16)4-9-27(10-5-21)20-17-3-8-23-12-18(17)25-19(26-20)15-1-6-22-7-2-15/h1-3,6-8,12,16,24,28H,4-5,9-11,13-14H2/t16-/m0/s1. The quantitative estimate of drug-likeness (QED) is 0.723. The third-order valence-electron chi connectivity index (χ3n) is 6.21. The molecule has 1 spiro atoms. The van der Waals surface area contributed by atoms with Gasteiger partial charge < -0.3 is 15.3 Å². The molecule has 0 amide bonds. The Kier molecular flexibility index (Phi) is 4.41. The zero-order valence-corrected chi connectivity index (χ0v) is 15.8. The maximum atomic E-state index is 9.47. The SMILES string of the molecule is OC[C@@H]1CC2(CCN(c3nc(-c4ccncc4)nc4cnccc34)CC2)CN1. The van der Waals surface area contributed by atoms with Crippen LogP contribution in [0.25, 0.3) is 22.3 Å². The van der Waals surface area contributed by atoms with E-state index in [-0.39, 0.29) is 12.6 Å². The van der Waals surface area contributed by atoms with E-state index in [1.807, 2.05) is 24.4 Å². The van der Waals surface area contributed by atoms with Crippen molar-refractivity contribution in [2.24, 2.45) is 5.41 Å². The van der Waals surface area contributed by atoms with Gasteiger partial charge in [-0.2, -0.15) is 0 Å². The van der Waals surface area contributed by atoms with Crippen LogP contribution in [0.15, 0.2) is 43.0 Å². The number of piperidine rings is 1. The van der Waals surface area contributed by atoms with E-state index in [1.54, 1.807) is 18.6 Å². The number of hydrogen-bond donors (Lipinski definition) is 2. The van der Waals surface area contributed by atoms with Gasteiger partial charge in [0.1, 0.15) is 5.82 Å². The zero-order valence-electron chi connectivity index (χ0n) is 15.8. The molecule has 2 N–H and O–H groups in total. The minimum absolute atomic E-state index is 0.226. The van der Waals surface area contributed by atoms with Crippen molar-refractivity contribution in [1.82, 2.24) is 25.3 Å². The third-order valence-corrected chi connectivity index (χ3v) is 6.21. The summed E-state index contributed by atoms with van der Waals surface area (Å²) in [6.07, 6.45) is 10.4. The highest BCUT2D eigenvalue weighted by Crippen LogP contribution is 2.41. The molecule has 0 bridgehead atoms. The number of rotatable bonds is 3. The lowest BCUT2D eigenvalue weighted by Gasteiger charge is -2.40. The Morgan fingerprint density at radius 3 is 2.61 bits per heavy atom. The topological polar surface area (TPSA) is 87.1 Å². The fraction of sp³-hybridized carbons (Fsp3) is 0.429. The van der Waals surface area contributed by atoms with E-state index in [0.29, 0.717) is 11.2 Å². The van der Waals surface area contributed by atoms with Crippen LogP contribution in [-0.4, -0.2) is 57.3 Å². The average Bonchev–Trinajstić information content (AvgIpc) is 3.17. The largest absolute Gasteiger partial charge is 0.395 e. The molecular weight excluding hydrogens is 352 g/mol. The van der Waals surface area contributed by atoms with Crippen LogP contribution in [0.1, 0.15) is 19.3 Å². The summed E-state index contributed by atoms with van der Waals surface area (Å²) in [6, 6.07) is 6.12. The first-order valence-electron chi connectivity index (χ1n) is 9.88. The highest BCUT2D eigenvalue weighted by atomic mass is 16.3. The monoisotopic (exact) mass is 376 g/mol. The van der Waals surface area contributed by atoms with Crippen molar-refractivity contribution in [3.63, 3.8) is 0 Å². The van der Waals surface area contributed by atoms with Crippen LogP contribution in [0.2, 0.25) is 0 Å². The summed E-state index contributed by atoms with van der Waals surface area (Å²) in [7, 11) is 0. The van der Waals surface area contributed by atoms with Gasteiger partial charge in [-0.25, -0.2) is 9.97 Å². The maximum absolute atomic E-state index is 9.47. The van der Waals surface area contributed by atoms with Crippen LogP contribution in [-0.2, 0) is 0 Å². The molecule has 0 unspecified atom stereocenters. The predicted molar refractivity (Wildman–Crippen MR) is 108 cm³/mol. The molecule has 3 aromatic heterocycles. The van der Waals surface area contributed by atoms with E-state index in [0.717, 1.165) is 61.2 Å². The molecule has 0 aliphatic carbocycles. The second kappa shape index (κ2) is 7.07. The molecule has 144 valence electrons. The van der Waals surface area contributed by atoms with Crippen molar-refractivity contribution in [1.29, 1.82) is 0 Å². The van der Waals surface area contributed by atoms with Gasteiger partial charge >= 0.3 is 0 Å². The number of aliphatic hydroxyl groups is 1. The Morgan fingerprint density at radius 1 is 1.07 bits per heavy atom. The number of nitrogens with zero attached hydrogens (tertiary/aromatic N) is 5. The average molecular weight is 376 g/mol. The lowest BCUT2D eigenvalue weighted by molar-refractivity contribution is 0.215. The first kappa shape index (κ1) is 17.5. The smallest absolute Gasteiger partial charge is 0.162 e. The van der Waals surface area contributed by atoms with Crippen LogP contribution < -0.4 is 10.2 Å². The lowest BCUT2D eigenvalue weighted by atomic mass is 9.76. The maximum Gasteiger partial charge on any atom is 0.162 e. The molecular formula is C21H24N6O. The fourth-order valence-electron chi connectivity index (χ4n) is 4.57. The predicted octanol–water partition coefficient (Wildman–Crippen LogP) is 2.03. The summed E-state index contributed by atoms with van der Waals surface area (Å²) in [5.41, 5.74) is 2.13. The second-order valence-electron chi connectivity index (χ2n) is 7.95. The van der Waals surface area contributed by atoms with Crippen LogP contribution >= 0.6 is 0 Å². The molecule has 0 aromatic carbocycles. The van der Waals surface area contributed by atoms with Gasteiger partial charge in [-0.15, -0.1) is 0 Å². The van der Waals surface area contributed by atoms with Gasteiger partial charge in [0.15, 0.2) is 5.82 Å². The lowest BCUT2D eigenvalue weighted by Crippen LogP contribution is -2.41. The molecule has 5 heterocycles. The Labute approximate surface area is 163 Å². The molecule has 7 heteroatoms. The zero-order chi connectivity index (χ0) is 19.0. The van der Waals surface area contributed by atoms with Crippen molar-refractivity contribution in [3.8, 4) is 11.4 Å². The van der Waals surface area contributed by atoms with E-state index in [9.17, 15) is 5.11 Å². The van der Waals surface area contributed by atoms with E-state index < -0.39 is 0 Å². The summed E-state index contributed by atoms with van der Waals surface area (Å²) < 4.78 is 0. The summed E-state index contributed by atoms with van der Waals surface area (Å²) >= 11 is 0. The molecule has 0 saturated carbocycles. The molecule has 1 atom stereocenters. The summed E-state index contributed by atoms with van der Waals surface area (Å²) in [4.78, 5) is 20.4. The Balaban J connectivity index is 1.47. The van der Waals surface area contributed by atoms with E-state index >= 15 is 0 Å². The van der Waals surface area contributed by atoms with Crippen LogP contribution in [0, 0.1) is 5.41 Å². The summed E-state index contributed by atoms with van der Waals surface area (Å²) in [5.74, 6) is 1.69. The van der Waals surface area contributed by atoms with Gasteiger partial charge in [-0.05, 0) is 42.9 Å². The molecule has 5 rings (SSSR count). The van der Waals surface area contributed by atoms with Gasteiger partial charge in [-0.1, -0.05) is 0 Å². The van der Waals surface area contributed by atoms with Gasteiger partial charge in [0.05, 0.1) is 18.3 Å². The second-order valence-corrected chi connectivity index (χ2v) is 7.95. The summed E-state index contributed by atoms with van der Waals surface area (Å²) in [6.45, 7) is 3.15. The van der Waals surface area contributed by atoms with Crippen molar-refractivity contribution >= 4 is 16.7 Å². The normalized spacial score (nSPS) is 21.5. The Hall–Kier alpha value is -2.64. The van der Waals surface area contributed by atoms with Crippen LogP contribution in [0.3, 0.4) is 0 Å². The molecule has 2 aliphatic heterocycles. The Bertz CT molecular complexity index is 971. The fourth-order valence-corrected chi connectivity index (χ4v) is 4.57. The summed E-state index contributed by atoms with van der Waals surface area (Å²) in [5, 5.41) is 14.0. The molecule has 2 saturated heterocycles. The third kappa shape index (κ3) is 3.10. The number of anilines is 1. The first-order chi connectivity index (χ1) is 13.8. The molecule has 2 aliphatic rings. The van der Waals surface area contributed by atoms with Gasteiger partial charge in [0.25, 0.3) is 0 Å². The van der Waals surface area contributed by atoms with Gasteiger partial charge in [-0.3, -0.25) is 9.97 Å². The highest BCUT2D eigenvalue weighted by Gasteiger charge is 2.41. The van der Waals surface area contributed by atoms with Crippen LogP contribution in [0.4, 0.5) is 5.82 Å². The first-order valence-corrected chi connectivity index (χ1v) is 9.88. The van der Waals surface area contributed by atoms with E-state index in [2.05, 4.69) is 20.2 Å². The Morgan fingerprint density at radius 2 is 1.86 bits per heavy atom. The van der Waals surface area contributed by atoms with E-state index in [1.165, 1.54) is 0 Å². The number of fused-ring (bicyclic) bond motifs is 1. The number of hydrogen-bond acceptors (Lipinski definition) is 7. The molecule has 7 nitrogen and oxygen atoms in total. The number of aromatic nitrogens is 4. The number of pyridine rings is 2. The minimum Gasteiger partial charge on any atom is -0.395 e. The van der Waals surface area contributed by atoms with Crippen molar-refractivity contribution < 1.29 is 5.11 Å². The van der Waals surface area contributed by atoms with Gasteiger partial charge in [0, 0.05) is 55.2 Å². The number of aliphatic hydroxyl groups excluding tert-OH is 1. The highest BCUT2D eigenvalue weighted by molar-refractivity contribution is 5.90. The van der Waals surface area contributed by atoms with Crippen LogP contribution in [0.5, 0.6) is 0 Å². The molecule has 0 radical (unpaired) electrons. The van der Waals surface area contributed by atoms with Crippen molar-refractivity contribution in [3.05, 3.63) is 43.0 Å².